The lowest BCUT2D eigenvalue weighted by atomic mass is 10.2. The molecule has 4 heteroatoms. The van der Waals surface area contributed by atoms with Crippen LogP contribution in [0.3, 0.4) is 0 Å². The molecular weight excluding hydrogens is 154 g/mol. The van der Waals surface area contributed by atoms with Crippen molar-refractivity contribution in [3.8, 4) is 0 Å². The van der Waals surface area contributed by atoms with Crippen molar-refractivity contribution < 1.29 is 5.21 Å². The van der Waals surface area contributed by atoms with E-state index in [0.717, 1.165) is 6.54 Å². The number of nitrogens with zero attached hydrogens (tertiary/aromatic N) is 1. The molecule has 0 aliphatic heterocycles. The van der Waals surface area contributed by atoms with E-state index in [1.807, 2.05) is 0 Å². The van der Waals surface area contributed by atoms with Crippen LogP contribution in [0.25, 0.3) is 0 Å². The van der Waals surface area contributed by atoms with Gasteiger partial charge >= 0.3 is 0 Å². The number of oxime groups is 1. The lowest BCUT2D eigenvalue weighted by molar-refractivity contribution is 0.316. The number of rotatable bonds is 4. The molecule has 4 N–H and O–H groups in total. The van der Waals surface area contributed by atoms with Crippen LogP contribution in [0.5, 0.6) is 0 Å². The van der Waals surface area contributed by atoms with Crippen molar-refractivity contribution in [2.75, 3.05) is 6.54 Å². The van der Waals surface area contributed by atoms with E-state index in [1.165, 1.54) is 25.7 Å². The molecule has 0 radical (unpaired) electrons. The van der Waals surface area contributed by atoms with E-state index in [1.54, 1.807) is 0 Å². The Labute approximate surface area is 72.8 Å². The van der Waals surface area contributed by atoms with Gasteiger partial charge in [-0.15, -0.1) is 0 Å². The van der Waals surface area contributed by atoms with Crippen molar-refractivity contribution >= 4 is 5.84 Å². The highest BCUT2D eigenvalue weighted by Gasteiger charge is 2.13. The Kier molecular flexibility index (Phi) is 3.87. The quantitative estimate of drug-likeness (QED) is 0.252. The van der Waals surface area contributed by atoms with Crippen LogP contribution in [0.1, 0.15) is 32.1 Å². The highest BCUT2D eigenvalue weighted by molar-refractivity contribution is 5.79. The van der Waals surface area contributed by atoms with Gasteiger partial charge in [0.25, 0.3) is 0 Å². The zero-order valence-electron chi connectivity index (χ0n) is 7.29. The van der Waals surface area contributed by atoms with Crippen LogP contribution in [-0.4, -0.2) is 23.6 Å². The summed E-state index contributed by atoms with van der Waals surface area (Å²) in [6.45, 7) is 0.820. The van der Waals surface area contributed by atoms with Crippen LogP contribution in [0.2, 0.25) is 0 Å². The zero-order chi connectivity index (χ0) is 8.81. The summed E-state index contributed by atoms with van der Waals surface area (Å²) in [4.78, 5) is 0. The first kappa shape index (κ1) is 9.32. The second kappa shape index (κ2) is 4.98. The van der Waals surface area contributed by atoms with Crippen LogP contribution < -0.4 is 11.1 Å². The summed E-state index contributed by atoms with van der Waals surface area (Å²) >= 11 is 0. The van der Waals surface area contributed by atoms with Gasteiger partial charge in [0.1, 0.15) is 5.84 Å². The van der Waals surface area contributed by atoms with Crippen LogP contribution in [0.4, 0.5) is 0 Å². The Balaban J connectivity index is 2.01. The molecule has 0 spiro atoms. The maximum absolute atomic E-state index is 8.26. The van der Waals surface area contributed by atoms with E-state index in [0.29, 0.717) is 18.3 Å². The Hall–Kier alpha value is -0.770. The fourth-order valence-electron chi connectivity index (χ4n) is 1.58. The summed E-state index contributed by atoms with van der Waals surface area (Å²) in [7, 11) is 0. The summed E-state index contributed by atoms with van der Waals surface area (Å²) in [5.74, 6) is 0.306. The van der Waals surface area contributed by atoms with Crippen molar-refractivity contribution in [3.63, 3.8) is 0 Å². The van der Waals surface area contributed by atoms with Gasteiger partial charge in [0, 0.05) is 19.0 Å². The average molecular weight is 171 g/mol. The molecule has 0 amide bonds. The third kappa shape index (κ3) is 3.09. The monoisotopic (exact) mass is 171 g/mol. The summed E-state index contributed by atoms with van der Waals surface area (Å²) in [5.41, 5.74) is 5.32. The Morgan fingerprint density at radius 1 is 1.50 bits per heavy atom. The van der Waals surface area contributed by atoms with E-state index >= 15 is 0 Å². The van der Waals surface area contributed by atoms with Crippen LogP contribution in [0, 0.1) is 0 Å². The molecule has 12 heavy (non-hydrogen) atoms. The number of hydrogen-bond donors (Lipinski definition) is 3. The van der Waals surface area contributed by atoms with E-state index in [9.17, 15) is 0 Å². The van der Waals surface area contributed by atoms with Gasteiger partial charge in [0.05, 0.1) is 0 Å². The molecule has 70 valence electrons. The first-order chi connectivity index (χ1) is 5.83. The SMILES string of the molecule is NC(CCNC1CCCC1)=NO. The molecule has 1 aliphatic rings. The van der Waals surface area contributed by atoms with Gasteiger partial charge in [0.15, 0.2) is 0 Å². The van der Waals surface area contributed by atoms with Crippen LogP contribution in [0.15, 0.2) is 5.16 Å². The third-order valence-electron chi connectivity index (χ3n) is 2.30. The number of hydrogen-bond acceptors (Lipinski definition) is 3. The van der Waals surface area contributed by atoms with Gasteiger partial charge in [0.2, 0.25) is 0 Å². The van der Waals surface area contributed by atoms with E-state index in [-0.39, 0.29) is 0 Å². The van der Waals surface area contributed by atoms with Crippen LogP contribution in [-0.2, 0) is 0 Å². The average Bonchev–Trinajstić information content (AvgIpc) is 2.57. The smallest absolute Gasteiger partial charge is 0.140 e. The third-order valence-corrected chi connectivity index (χ3v) is 2.30. The fraction of sp³-hybridized carbons (Fsp3) is 0.875. The molecule has 0 heterocycles. The molecule has 0 saturated heterocycles. The van der Waals surface area contributed by atoms with E-state index < -0.39 is 0 Å². The minimum Gasteiger partial charge on any atom is -0.409 e. The van der Waals surface area contributed by atoms with Gasteiger partial charge < -0.3 is 16.3 Å². The lowest BCUT2D eigenvalue weighted by Gasteiger charge is -2.10. The number of amidine groups is 1. The number of nitrogens with two attached hydrogens (primary N) is 1. The van der Waals surface area contributed by atoms with Gasteiger partial charge in [-0.05, 0) is 12.8 Å². The summed E-state index contributed by atoms with van der Waals surface area (Å²) in [6.07, 6.45) is 5.85. The summed E-state index contributed by atoms with van der Waals surface area (Å²) in [5, 5.41) is 14.5. The van der Waals surface area contributed by atoms with Crippen molar-refractivity contribution in [2.45, 2.75) is 38.1 Å². The normalized spacial score (nSPS) is 20.2. The molecule has 0 atom stereocenters. The largest absolute Gasteiger partial charge is 0.409 e. The molecular formula is C8H17N3O. The second-order valence-corrected chi connectivity index (χ2v) is 3.28. The van der Waals surface area contributed by atoms with Gasteiger partial charge in [-0.3, -0.25) is 0 Å². The first-order valence-corrected chi connectivity index (χ1v) is 4.52. The molecule has 0 bridgehead atoms. The van der Waals surface area contributed by atoms with Crippen molar-refractivity contribution in [1.82, 2.24) is 5.32 Å². The number of nitrogens with one attached hydrogen (secondary N) is 1. The maximum atomic E-state index is 8.26. The Morgan fingerprint density at radius 2 is 2.17 bits per heavy atom. The highest BCUT2D eigenvalue weighted by atomic mass is 16.4. The summed E-state index contributed by atoms with van der Waals surface area (Å²) in [6, 6.07) is 0.663. The summed E-state index contributed by atoms with van der Waals surface area (Å²) < 4.78 is 0. The molecule has 0 aromatic carbocycles. The molecule has 1 aliphatic carbocycles. The second-order valence-electron chi connectivity index (χ2n) is 3.28. The van der Waals surface area contributed by atoms with Crippen molar-refractivity contribution in [1.29, 1.82) is 0 Å². The zero-order valence-corrected chi connectivity index (χ0v) is 7.29. The highest BCUT2D eigenvalue weighted by Crippen LogP contribution is 2.17. The predicted octanol–water partition coefficient (Wildman–Crippen LogP) is 0.655. The molecule has 4 nitrogen and oxygen atoms in total. The predicted molar refractivity (Wildman–Crippen MR) is 48.3 cm³/mol. The first-order valence-electron chi connectivity index (χ1n) is 4.52. The van der Waals surface area contributed by atoms with E-state index in [2.05, 4.69) is 10.5 Å². The van der Waals surface area contributed by atoms with E-state index in [4.69, 9.17) is 10.9 Å². The molecule has 0 aromatic rings. The standard InChI is InChI=1S/C8H17N3O/c9-8(11-12)5-6-10-7-3-1-2-4-7/h7,10,12H,1-6H2,(H2,9,11). The Bertz CT molecular complexity index is 152. The van der Waals surface area contributed by atoms with Gasteiger partial charge in [-0.1, -0.05) is 18.0 Å². The molecule has 1 saturated carbocycles. The molecule has 0 aromatic heterocycles. The molecule has 1 rings (SSSR count). The van der Waals surface area contributed by atoms with Gasteiger partial charge in [-0.2, -0.15) is 0 Å². The minimum absolute atomic E-state index is 0.306. The topological polar surface area (TPSA) is 70.6 Å². The molecule has 0 unspecified atom stereocenters. The molecule has 1 fully saturated rings. The minimum atomic E-state index is 0.306. The Morgan fingerprint density at radius 3 is 2.75 bits per heavy atom. The van der Waals surface area contributed by atoms with Gasteiger partial charge in [-0.25, -0.2) is 0 Å². The van der Waals surface area contributed by atoms with Crippen molar-refractivity contribution in [2.24, 2.45) is 10.9 Å². The fourth-order valence-corrected chi connectivity index (χ4v) is 1.58. The van der Waals surface area contributed by atoms with Crippen LogP contribution >= 0.6 is 0 Å². The lowest BCUT2D eigenvalue weighted by Crippen LogP contribution is -2.29. The van der Waals surface area contributed by atoms with Crippen molar-refractivity contribution in [3.05, 3.63) is 0 Å². The maximum Gasteiger partial charge on any atom is 0.140 e.